The number of aryl methyl sites for hydroxylation is 2. The van der Waals surface area contributed by atoms with E-state index < -0.39 is 28.5 Å². The zero-order valence-electron chi connectivity index (χ0n) is 15.6. The zero-order chi connectivity index (χ0) is 21.5. The van der Waals surface area contributed by atoms with Crippen LogP contribution in [0.25, 0.3) is 0 Å². The highest BCUT2D eigenvalue weighted by Gasteiger charge is 2.40. The minimum Gasteiger partial charge on any atom is -0.317 e. The van der Waals surface area contributed by atoms with Gasteiger partial charge < -0.3 is 5.32 Å². The van der Waals surface area contributed by atoms with Gasteiger partial charge in [0, 0.05) is 12.1 Å². The maximum atomic E-state index is 13.1. The van der Waals surface area contributed by atoms with Crippen LogP contribution >= 0.6 is 23.2 Å². The summed E-state index contributed by atoms with van der Waals surface area (Å²) < 4.78 is 41.4. The number of benzene rings is 1. The molecule has 11 heteroatoms. The number of rotatable bonds is 4. The number of carbonyl (C=O) groups excluding carboxylic acids is 1. The van der Waals surface area contributed by atoms with Crippen LogP contribution in [0.1, 0.15) is 33.1 Å². The predicted molar refractivity (Wildman–Crippen MR) is 103 cm³/mol. The first-order valence-electron chi connectivity index (χ1n) is 8.38. The molecule has 0 saturated heterocycles. The lowest BCUT2D eigenvalue weighted by atomic mass is 10.2. The largest absolute Gasteiger partial charge is 0.434 e. The fraction of sp³-hybridized carbons (Fsp3) is 0.278. The molecule has 0 aliphatic rings. The van der Waals surface area contributed by atoms with Gasteiger partial charge in [0.25, 0.3) is 5.91 Å². The van der Waals surface area contributed by atoms with Crippen molar-refractivity contribution in [3.63, 3.8) is 0 Å². The molecule has 6 nitrogen and oxygen atoms in total. The summed E-state index contributed by atoms with van der Waals surface area (Å²) in [5.41, 5.74) is 0.716. The Kier molecular flexibility index (Phi) is 5.64. The third kappa shape index (κ3) is 4.25. The average molecular weight is 446 g/mol. The predicted octanol–water partition coefficient (Wildman–Crippen LogP) is 4.86. The van der Waals surface area contributed by atoms with Crippen molar-refractivity contribution in [1.82, 2.24) is 19.6 Å². The first-order valence-corrected chi connectivity index (χ1v) is 9.14. The lowest BCUT2D eigenvalue weighted by Crippen LogP contribution is -2.15. The van der Waals surface area contributed by atoms with Crippen LogP contribution in [0.3, 0.4) is 0 Å². The van der Waals surface area contributed by atoms with Crippen LogP contribution in [-0.4, -0.2) is 25.5 Å². The Labute approximate surface area is 174 Å². The molecule has 2 heterocycles. The molecule has 3 rings (SSSR count). The van der Waals surface area contributed by atoms with Crippen LogP contribution in [0.4, 0.5) is 18.9 Å². The molecule has 0 aliphatic carbocycles. The summed E-state index contributed by atoms with van der Waals surface area (Å²) in [5.74, 6) is -0.852. The lowest BCUT2D eigenvalue weighted by Gasteiger charge is -2.07. The molecular weight excluding hydrogens is 430 g/mol. The van der Waals surface area contributed by atoms with Gasteiger partial charge in [-0.15, -0.1) is 0 Å². The monoisotopic (exact) mass is 445 g/mol. The van der Waals surface area contributed by atoms with Gasteiger partial charge >= 0.3 is 6.18 Å². The van der Waals surface area contributed by atoms with Crippen LogP contribution in [0.15, 0.2) is 24.3 Å². The number of carbonyl (C=O) groups is 1. The molecule has 1 N–H and O–H groups in total. The van der Waals surface area contributed by atoms with E-state index in [1.807, 2.05) is 12.1 Å². The van der Waals surface area contributed by atoms with E-state index in [4.69, 9.17) is 23.2 Å². The van der Waals surface area contributed by atoms with Gasteiger partial charge in [-0.05, 0) is 31.5 Å². The number of hydrogen-bond donors (Lipinski definition) is 1. The first kappa shape index (κ1) is 21.2. The Morgan fingerprint density at radius 3 is 2.48 bits per heavy atom. The number of hydrogen-bond acceptors (Lipinski definition) is 3. The number of aromatic nitrogens is 4. The van der Waals surface area contributed by atoms with Gasteiger partial charge in [0.2, 0.25) is 0 Å². The van der Waals surface area contributed by atoms with Gasteiger partial charge in [-0.25, -0.2) is 0 Å². The van der Waals surface area contributed by atoms with Crippen molar-refractivity contribution >= 4 is 34.8 Å². The SMILES string of the molecule is Cc1nn(Cc2cccc(Cl)c2)c(C)c1NC(=O)c1nn(C)c(C(F)(F)F)c1Cl. The second kappa shape index (κ2) is 7.72. The maximum Gasteiger partial charge on any atom is 0.434 e. The molecule has 3 aromatic rings. The van der Waals surface area contributed by atoms with Crippen molar-refractivity contribution in [2.45, 2.75) is 26.6 Å². The first-order chi connectivity index (χ1) is 13.5. The Morgan fingerprint density at radius 1 is 1.21 bits per heavy atom. The highest BCUT2D eigenvalue weighted by atomic mass is 35.5. The number of anilines is 1. The van der Waals surface area contributed by atoms with Crippen molar-refractivity contribution in [3.8, 4) is 0 Å². The highest BCUT2D eigenvalue weighted by molar-refractivity contribution is 6.34. The molecule has 0 radical (unpaired) electrons. The molecule has 154 valence electrons. The third-order valence-electron chi connectivity index (χ3n) is 4.31. The average Bonchev–Trinajstić information content (AvgIpc) is 3.05. The van der Waals surface area contributed by atoms with Gasteiger partial charge in [0.1, 0.15) is 5.02 Å². The number of alkyl halides is 3. The molecule has 0 atom stereocenters. The number of amides is 1. The van der Waals surface area contributed by atoms with Crippen molar-refractivity contribution in [1.29, 1.82) is 0 Å². The van der Waals surface area contributed by atoms with Crippen LogP contribution in [0.2, 0.25) is 10.0 Å². The van der Waals surface area contributed by atoms with E-state index in [1.165, 1.54) is 0 Å². The fourth-order valence-electron chi connectivity index (χ4n) is 2.96. The molecule has 0 bridgehead atoms. The zero-order valence-corrected chi connectivity index (χ0v) is 17.1. The minimum atomic E-state index is -4.73. The van der Waals surface area contributed by atoms with E-state index in [0.29, 0.717) is 33.3 Å². The number of nitrogens with zero attached hydrogens (tertiary/aromatic N) is 4. The van der Waals surface area contributed by atoms with E-state index in [2.05, 4.69) is 15.5 Å². The normalized spacial score (nSPS) is 11.7. The minimum absolute atomic E-state index is 0.382. The quantitative estimate of drug-likeness (QED) is 0.623. The summed E-state index contributed by atoms with van der Waals surface area (Å²) in [5, 5.41) is 10.4. The maximum absolute atomic E-state index is 13.1. The Morgan fingerprint density at radius 2 is 1.90 bits per heavy atom. The van der Waals surface area contributed by atoms with Crippen molar-refractivity contribution < 1.29 is 18.0 Å². The van der Waals surface area contributed by atoms with Crippen molar-refractivity contribution in [3.05, 3.63) is 62.6 Å². The molecule has 0 spiro atoms. The molecule has 0 saturated carbocycles. The molecule has 0 unspecified atom stereocenters. The van der Waals surface area contributed by atoms with Crippen LogP contribution in [0, 0.1) is 13.8 Å². The van der Waals surface area contributed by atoms with Gasteiger partial charge in [-0.3, -0.25) is 14.2 Å². The molecular formula is C18H16Cl2F3N5O. The summed E-state index contributed by atoms with van der Waals surface area (Å²) in [6.45, 7) is 3.82. The number of nitrogens with one attached hydrogen (secondary N) is 1. The summed E-state index contributed by atoms with van der Waals surface area (Å²) >= 11 is 11.8. The summed E-state index contributed by atoms with van der Waals surface area (Å²) in [4.78, 5) is 12.6. The van der Waals surface area contributed by atoms with Gasteiger partial charge in [0.05, 0.1) is 23.6 Å². The van der Waals surface area contributed by atoms with Gasteiger partial charge in [0.15, 0.2) is 11.4 Å². The van der Waals surface area contributed by atoms with E-state index in [0.717, 1.165) is 12.6 Å². The molecule has 1 aromatic carbocycles. The van der Waals surface area contributed by atoms with Gasteiger partial charge in [-0.1, -0.05) is 35.3 Å². The smallest absolute Gasteiger partial charge is 0.317 e. The second-order valence-corrected chi connectivity index (χ2v) is 7.23. The topological polar surface area (TPSA) is 64.7 Å². The standard InChI is InChI=1S/C18H16Cl2F3N5O/c1-9-14(10(2)28(25-9)8-11-5-4-6-12(19)7-11)24-17(29)15-13(20)16(18(21,22)23)27(3)26-15/h4-7H,8H2,1-3H3,(H,24,29). The Hall–Kier alpha value is -2.52. The summed E-state index contributed by atoms with van der Waals surface area (Å²) in [6, 6.07) is 7.24. The molecule has 0 aliphatic heterocycles. The molecule has 2 aromatic heterocycles. The summed E-state index contributed by atoms with van der Waals surface area (Å²) in [7, 11) is 1.07. The van der Waals surface area contributed by atoms with Crippen LogP contribution in [-0.2, 0) is 19.8 Å². The van der Waals surface area contributed by atoms with Crippen LogP contribution in [0.5, 0.6) is 0 Å². The summed E-state index contributed by atoms with van der Waals surface area (Å²) in [6.07, 6.45) is -4.73. The third-order valence-corrected chi connectivity index (χ3v) is 4.91. The van der Waals surface area contributed by atoms with Crippen molar-refractivity contribution in [2.24, 2.45) is 7.05 Å². The lowest BCUT2D eigenvalue weighted by molar-refractivity contribution is -0.143. The van der Waals surface area contributed by atoms with E-state index in [1.54, 1.807) is 30.7 Å². The Bertz CT molecular complexity index is 1090. The number of halogens is 5. The molecule has 29 heavy (non-hydrogen) atoms. The van der Waals surface area contributed by atoms with Crippen molar-refractivity contribution in [2.75, 3.05) is 5.32 Å². The highest BCUT2D eigenvalue weighted by Crippen LogP contribution is 2.36. The van der Waals surface area contributed by atoms with Crippen LogP contribution < -0.4 is 5.32 Å². The van der Waals surface area contributed by atoms with Gasteiger partial charge in [-0.2, -0.15) is 23.4 Å². The van der Waals surface area contributed by atoms with E-state index in [9.17, 15) is 18.0 Å². The van der Waals surface area contributed by atoms with E-state index >= 15 is 0 Å². The fourth-order valence-corrected chi connectivity index (χ4v) is 3.53. The molecule has 0 fully saturated rings. The van der Waals surface area contributed by atoms with E-state index in [-0.39, 0.29) is 0 Å². The Balaban J connectivity index is 1.88. The second-order valence-electron chi connectivity index (χ2n) is 6.42. The molecule has 1 amide bonds.